The second-order valence-electron chi connectivity index (χ2n) is 4.02. The van der Waals surface area contributed by atoms with Crippen LogP contribution in [0, 0.1) is 5.41 Å². The van der Waals surface area contributed by atoms with Crippen molar-refractivity contribution in [2.75, 3.05) is 19.6 Å². The molecule has 0 aromatic carbocycles. The molecule has 2 amide bonds. The fraction of sp³-hybridized carbons (Fsp3) is 0.818. The van der Waals surface area contributed by atoms with Gasteiger partial charge in [0.1, 0.15) is 0 Å². The molecule has 0 heterocycles. The van der Waals surface area contributed by atoms with Gasteiger partial charge in [0, 0.05) is 32.1 Å². The highest BCUT2D eigenvalue weighted by Gasteiger charge is 2.20. The van der Waals surface area contributed by atoms with Crippen molar-refractivity contribution in [3.63, 3.8) is 0 Å². The number of nitrogens with two attached hydrogens (primary N) is 1. The van der Waals surface area contributed by atoms with Crippen LogP contribution in [0.15, 0.2) is 0 Å². The van der Waals surface area contributed by atoms with Gasteiger partial charge in [-0.2, -0.15) is 0 Å². The van der Waals surface area contributed by atoms with Gasteiger partial charge >= 0.3 is 6.03 Å². The van der Waals surface area contributed by atoms with Crippen LogP contribution in [-0.4, -0.2) is 47.3 Å². The molecule has 0 fully saturated rings. The lowest BCUT2D eigenvalue weighted by molar-refractivity contribution is 0.145. The highest BCUT2D eigenvalue weighted by molar-refractivity contribution is 5.79. The number of nitrogens with zero attached hydrogens (tertiary/aromatic N) is 2. The van der Waals surface area contributed by atoms with Crippen LogP contribution in [0.4, 0.5) is 4.79 Å². The zero-order chi connectivity index (χ0) is 12.7. The normalized spacial score (nSPS) is 10.3. The van der Waals surface area contributed by atoms with Crippen LogP contribution in [-0.2, 0) is 0 Å². The number of amides is 2. The predicted octanol–water partition coefficient (Wildman–Crippen LogP) is 1.48. The minimum Gasteiger partial charge on any atom is -0.388 e. The number of urea groups is 1. The summed E-state index contributed by atoms with van der Waals surface area (Å²) in [6.07, 6.45) is 0.436. The first-order valence-corrected chi connectivity index (χ1v) is 5.82. The number of carbonyl (C=O) groups is 1. The number of rotatable bonds is 6. The van der Waals surface area contributed by atoms with E-state index < -0.39 is 0 Å². The minimum atomic E-state index is 0.0289. The average molecular weight is 228 g/mol. The maximum atomic E-state index is 12.1. The molecule has 0 unspecified atom stereocenters. The summed E-state index contributed by atoms with van der Waals surface area (Å²) in [5, 5.41) is 7.19. The molecule has 0 atom stereocenters. The number of hydrogen-bond donors (Lipinski definition) is 2. The van der Waals surface area contributed by atoms with Gasteiger partial charge in [0.05, 0.1) is 5.84 Å². The first-order chi connectivity index (χ1) is 7.43. The topological polar surface area (TPSA) is 73.4 Å². The summed E-state index contributed by atoms with van der Waals surface area (Å²) in [4.78, 5) is 15.6. The van der Waals surface area contributed by atoms with E-state index in [1.807, 2.05) is 27.7 Å². The molecule has 0 saturated carbocycles. The van der Waals surface area contributed by atoms with Crippen LogP contribution >= 0.6 is 0 Å². The first-order valence-electron chi connectivity index (χ1n) is 5.82. The fourth-order valence-corrected chi connectivity index (χ4v) is 1.49. The van der Waals surface area contributed by atoms with Crippen LogP contribution in [0.2, 0.25) is 0 Å². The third-order valence-corrected chi connectivity index (χ3v) is 2.53. The molecule has 0 spiro atoms. The van der Waals surface area contributed by atoms with E-state index in [1.165, 1.54) is 0 Å². The summed E-state index contributed by atoms with van der Waals surface area (Å²) in [7, 11) is 0. The Morgan fingerprint density at radius 1 is 1.31 bits per heavy atom. The van der Waals surface area contributed by atoms with Crippen molar-refractivity contribution in [3.8, 4) is 0 Å². The number of hydrogen-bond acceptors (Lipinski definition) is 2. The van der Waals surface area contributed by atoms with Crippen LogP contribution in [0.5, 0.6) is 0 Å². The van der Waals surface area contributed by atoms with Crippen molar-refractivity contribution in [1.82, 2.24) is 9.80 Å². The van der Waals surface area contributed by atoms with Crippen LogP contribution in [0.1, 0.15) is 34.1 Å². The second-order valence-corrected chi connectivity index (χ2v) is 4.02. The van der Waals surface area contributed by atoms with E-state index in [2.05, 4.69) is 0 Å². The molecule has 0 aliphatic rings. The number of nitrogens with one attached hydrogen (secondary N) is 1. The van der Waals surface area contributed by atoms with Gasteiger partial charge in [0.25, 0.3) is 0 Å². The van der Waals surface area contributed by atoms with Gasteiger partial charge in [-0.25, -0.2) is 4.79 Å². The minimum absolute atomic E-state index is 0.0289. The van der Waals surface area contributed by atoms with E-state index in [4.69, 9.17) is 11.1 Å². The Morgan fingerprint density at radius 2 is 1.81 bits per heavy atom. The highest BCUT2D eigenvalue weighted by Crippen LogP contribution is 2.05. The summed E-state index contributed by atoms with van der Waals surface area (Å²) < 4.78 is 0. The largest absolute Gasteiger partial charge is 0.388 e. The molecule has 0 aliphatic carbocycles. The quantitative estimate of drug-likeness (QED) is 0.534. The van der Waals surface area contributed by atoms with Crippen molar-refractivity contribution in [3.05, 3.63) is 0 Å². The monoisotopic (exact) mass is 228 g/mol. The molecule has 0 bridgehead atoms. The van der Waals surface area contributed by atoms with Gasteiger partial charge in [0.2, 0.25) is 0 Å². The van der Waals surface area contributed by atoms with Crippen molar-refractivity contribution in [1.29, 1.82) is 5.41 Å². The standard InChI is InChI=1S/C11H24N4O/c1-5-14(6-2)11(16)15(9(3)4)8-7-10(12)13/h9H,5-8H2,1-4H3,(H3,12,13). The summed E-state index contributed by atoms with van der Waals surface area (Å²) >= 11 is 0. The Bertz CT molecular complexity index is 236. The lowest BCUT2D eigenvalue weighted by Crippen LogP contribution is -2.47. The number of amidine groups is 1. The van der Waals surface area contributed by atoms with E-state index in [0.29, 0.717) is 26.1 Å². The molecule has 0 saturated heterocycles. The molecule has 0 aromatic rings. The first kappa shape index (κ1) is 14.7. The van der Waals surface area contributed by atoms with Gasteiger partial charge in [-0.3, -0.25) is 5.41 Å². The fourth-order valence-electron chi connectivity index (χ4n) is 1.49. The van der Waals surface area contributed by atoms with Crippen molar-refractivity contribution in [2.45, 2.75) is 40.2 Å². The molecule has 5 heteroatoms. The highest BCUT2D eigenvalue weighted by atomic mass is 16.2. The molecular weight excluding hydrogens is 204 g/mol. The predicted molar refractivity (Wildman–Crippen MR) is 66.7 cm³/mol. The van der Waals surface area contributed by atoms with Crippen LogP contribution in [0.25, 0.3) is 0 Å². The Kier molecular flexibility index (Phi) is 6.53. The van der Waals surface area contributed by atoms with Crippen LogP contribution in [0.3, 0.4) is 0 Å². The zero-order valence-corrected chi connectivity index (χ0v) is 10.8. The Labute approximate surface area is 98.1 Å². The van der Waals surface area contributed by atoms with E-state index in [0.717, 1.165) is 0 Å². The lowest BCUT2D eigenvalue weighted by Gasteiger charge is -2.32. The molecule has 0 aliphatic heterocycles. The van der Waals surface area contributed by atoms with E-state index in [9.17, 15) is 4.79 Å². The molecule has 3 N–H and O–H groups in total. The van der Waals surface area contributed by atoms with E-state index in [1.54, 1.807) is 9.80 Å². The number of carbonyl (C=O) groups excluding carboxylic acids is 1. The maximum Gasteiger partial charge on any atom is 0.320 e. The van der Waals surface area contributed by atoms with Gasteiger partial charge in [-0.15, -0.1) is 0 Å². The molecule has 5 nitrogen and oxygen atoms in total. The molecule has 16 heavy (non-hydrogen) atoms. The van der Waals surface area contributed by atoms with Crippen molar-refractivity contribution < 1.29 is 4.79 Å². The van der Waals surface area contributed by atoms with Crippen molar-refractivity contribution >= 4 is 11.9 Å². The Balaban J connectivity index is 4.51. The Morgan fingerprint density at radius 3 is 2.12 bits per heavy atom. The van der Waals surface area contributed by atoms with Gasteiger partial charge < -0.3 is 15.5 Å². The molecule has 0 rings (SSSR count). The van der Waals surface area contributed by atoms with Gasteiger partial charge in [-0.1, -0.05) is 0 Å². The van der Waals surface area contributed by atoms with Gasteiger partial charge in [-0.05, 0) is 27.7 Å². The van der Waals surface area contributed by atoms with E-state index >= 15 is 0 Å². The third-order valence-electron chi connectivity index (χ3n) is 2.53. The van der Waals surface area contributed by atoms with Gasteiger partial charge in [0.15, 0.2) is 0 Å². The summed E-state index contributed by atoms with van der Waals surface area (Å²) in [5.74, 6) is 0.123. The summed E-state index contributed by atoms with van der Waals surface area (Å²) in [5.41, 5.74) is 5.31. The smallest absolute Gasteiger partial charge is 0.320 e. The zero-order valence-electron chi connectivity index (χ0n) is 10.8. The Hall–Kier alpha value is -1.26. The molecule has 0 radical (unpaired) electrons. The second kappa shape index (κ2) is 7.09. The lowest BCUT2D eigenvalue weighted by atomic mass is 10.3. The third kappa shape index (κ3) is 4.51. The van der Waals surface area contributed by atoms with E-state index in [-0.39, 0.29) is 17.9 Å². The summed E-state index contributed by atoms with van der Waals surface area (Å²) in [6, 6.07) is 0.161. The summed E-state index contributed by atoms with van der Waals surface area (Å²) in [6.45, 7) is 9.80. The average Bonchev–Trinajstić information content (AvgIpc) is 2.18. The molecular formula is C11H24N4O. The SMILES string of the molecule is CCN(CC)C(=O)N(CCC(=N)N)C(C)C. The molecule has 0 aromatic heterocycles. The van der Waals surface area contributed by atoms with Crippen LogP contribution < -0.4 is 5.73 Å². The molecule has 94 valence electrons. The van der Waals surface area contributed by atoms with Crippen molar-refractivity contribution in [2.24, 2.45) is 5.73 Å². The maximum absolute atomic E-state index is 12.1.